The van der Waals surface area contributed by atoms with Gasteiger partial charge in [-0.3, -0.25) is 24.6 Å². The molecule has 1 aromatic carbocycles. The van der Waals surface area contributed by atoms with E-state index in [4.69, 9.17) is 11.6 Å². The van der Waals surface area contributed by atoms with E-state index in [-0.39, 0.29) is 40.9 Å². The standard InChI is InChI=1S/C12H9ClN2O4/c13-9-2-1-6(3-10(9)15(18)19)5-14-11(16)7-4-8(7)12(14)17/h1-3,7-8H,4-5H2. The SMILES string of the molecule is O=C1C2CC2C(=O)N1Cc1ccc(Cl)c([N+](=O)[O-])c1. The first-order chi connectivity index (χ1) is 8.99. The van der Waals surface area contributed by atoms with Gasteiger partial charge in [0.1, 0.15) is 5.02 Å². The van der Waals surface area contributed by atoms with Crippen LogP contribution in [0.4, 0.5) is 5.69 Å². The lowest BCUT2D eigenvalue weighted by Gasteiger charge is -2.16. The second-order valence-electron chi connectivity index (χ2n) is 4.75. The van der Waals surface area contributed by atoms with E-state index < -0.39 is 4.92 Å². The summed E-state index contributed by atoms with van der Waals surface area (Å²) in [6, 6.07) is 4.29. The Labute approximate surface area is 113 Å². The molecule has 2 atom stereocenters. The first kappa shape index (κ1) is 12.1. The molecule has 0 spiro atoms. The number of rotatable bonds is 3. The summed E-state index contributed by atoms with van der Waals surface area (Å²) in [4.78, 5) is 34.9. The highest BCUT2D eigenvalue weighted by Gasteiger charge is 2.58. The Morgan fingerprint density at radius 3 is 2.53 bits per heavy atom. The Balaban J connectivity index is 1.84. The summed E-state index contributed by atoms with van der Waals surface area (Å²) in [6.45, 7) is 0.0721. The predicted molar refractivity (Wildman–Crippen MR) is 65.3 cm³/mol. The molecule has 1 saturated heterocycles. The summed E-state index contributed by atoms with van der Waals surface area (Å²) in [5, 5.41) is 10.8. The van der Waals surface area contributed by atoms with E-state index >= 15 is 0 Å². The molecule has 2 unspecified atom stereocenters. The lowest BCUT2D eigenvalue weighted by Crippen LogP contribution is -2.32. The van der Waals surface area contributed by atoms with Gasteiger partial charge in [0.05, 0.1) is 23.3 Å². The van der Waals surface area contributed by atoms with E-state index in [1.807, 2.05) is 0 Å². The molecule has 19 heavy (non-hydrogen) atoms. The number of nitrogens with zero attached hydrogens (tertiary/aromatic N) is 2. The summed E-state index contributed by atoms with van der Waals surface area (Å²) in [5.41, 5.74) is 0.308. The largest absolute Gasteiger partial charge is 0.288 e. The zero-order valence-electron chi connectivity index (χ0n) is 9.71. The van der Waals surface area contributed by atoms with Crippen LogP contribution in [0.1, 0.15) is 12.0 Å². The average molecular weight is 281 g/mol. The summed E-state index contributed by atoms with van der Waals surface area (Å²) < 4.78 is 0. The maximum Gasteiger partial charge on any atom is 0.288 e. The Bertz CT molecular complexity index is 596. The second kappa shape index (κ2) is 4.03. The minimum Gasteiger partial charge on any atom is -0.278 e. The molecule has 1 aromatic rings. The molecule has 3 rings (SSSR count). The van der Waals surface area contributed by atoms with E-state index in [0.29, 0.717) is 12.0 Å². The van der Waals surface area contributed by atoms with E-state index in [2.05, 4.69) is 0 Å². The third-order valence-electron chi connectivity index (χ3n) is 3.50. The lowest BCUT2D eigenvalue weighted by atomic mass is 10.2. The number of nitro benzene ring substituents is 1. The summed E-state index contributed by atoms with van der Waals surface area (Å²) in [6.07, 6.45) is 0.648. The van der Waals surface area contributed by atoms with E-state index in [1.165, 1.54) is 17.0 Å². The van der Waals surface area contributed by atoms with Crippen molar-refractivity contribution >= 4 is 29.1 Å². The molecular weight excluding hydrogens is 272 g/mol. The van der Waals surface area contributed by atoms with Crippen LogP contribution in [-0.2, 0) is 16.1 Å². The van der Waals surface area contributed by atoms with Crippen LogP contribution in [-0.4, -0.2) is 21.6 Å². The highest BCUT2D eigenvalue weighted by molar-refractivity contribution is 6.32. The van der Waals surface area contributed by atoms with E-state index in [9.17, 15) is 19.7 Å². The number of piperidine rings is 1. The third-order valence-corrected chi connectivity index (χ3v) is 3.82. The maximum atomic E-state index is 11.8. The number of fused-ring (bicyclic) bond motifs is 1. The van der Waals surface area contributed by atoms with Gasteiger partial charge in [-0.2, -0.15) is 0 Å². The predicted octanol–water partition coefficient (Wildman–Crippen LogP) is 1.75. The smallest absolute Gasteiger partial charge is 0.278 e. The van der Waals surface area contributed by atoms with Crippen LogP contribution in [0.15, 0.2) is 18.2 Å². The first-order valence-electron chi connectivity index (χ1n) is 5.77. The van der Waals surface area contributed by atoms with Crippen molar-refractivity contribution in [3.63, 3.8) is 0 Å². The molecule has 1 aliphatic carbocycles. The number of nitro groups is 1. The molecule has 0 aromatic heterocycles. The van der Waals surface area contributed by atoms with Crippen LogP contribution >= 0.6 is 11.6 Å². The number of hydrogen-bond acceptors (Lipinski definition) is 4. The Hall–Kier alpha value is -1.95. The van der Waals surface area contributed by atoms with Crippen LogP contribution in [0.2, 0.25) is 5.02 Å². The van der Waals surface area contributed by atoms with Gasteiger partial charge in [-0.05, 0) is 18.1 Å². The zero-order chi connectivity index (χ0) is 13.7. The van der Waals surface area contributed by atoms with Crippen LogP contribution in [0, 0.1) is 22.0 Å². The Kier molecular flexibility index (Phi) is 2.56. The molecule has 0 radical (unpaired) electrons. The van der Waals surface area contributed by atoms with E-state index in [0.717, 1.165) is 0 Å². The molecule has 0 bridgehead atoms. The first-order valence-corrected chi connectivity index (χ1v) is 6.15. The topological polar surface area (TPSA) is 80.5 Å². The molecule has 1 aliphatic heterocycles. The Morgan fingerprint density at radius 2 is 1.95 bits per heavy atom. The van der Waals surface area contributed by atoms with Gasteiger partial charge >= 0.3 is 0 Å². The number of likely N-dealkylation sites (tertiary alicyclic amines) is 1. The van der Waals surface area contributed by atoms with Crippen molar-refractivity contribution in [1.82, 2.24) is 4.90 Å². The van der Waals surface area contributed by atoms with Crippen molar-refractivity contribution in [3.05, 3.63) is 38.9 Å². The van der Waals surface area contributed by atoms with Crippen molar-refractivity contribution in [1.29, 1.82) is 0 Å². The lowest BCUT2D eigenvalue weighted by molar-refractivity contribution is -0.384. The molecule has 0 N–H and O–H groups in total. The van der Waals surface area contributed by atoms with Crippen LogP contribution in [0.25, 0.3) is 0 Å². The average Bonchev–Trinajstić information content (AvgIpc) is 3.11. The van der Waals surface area contributed by atoms with Crippen LogP contribution in [0.3, 0.4) is 0 Å². The Morgan fingerprint density at radius 1 is 1.32 bits per heavy atom. The monoisotopic (exact) mass is 280 g/mol. The number of halogens is 1. The van der Waals surface area contributed by atoms with Gasteiger partial charge in [0.25, 0.3) is 5.69 Å². The molecule has 7 heteroatoms. The maximum absolute atomic E-state index is 11.8. The van der Waals surface area contributed by atoms with Crippen molar-refractivity contribution in [2.75, 3.05) is 0 Å². The number of amides is 2. The van der Waals surface area contributed by atoms with Crippen molar-refractivity contribution in [2.45, 2.75) is 13.0 Å². The molecular formula is C12H9ClN2O4. The third kappa shape index (κ3) is 1.88. The molecule has 2 fully saturated rings. The fraction of sp³-hybridized carbons (Fsp3) is 0.333. The highest BCUT2D eigenvalue weighted by atomic mass is 35.5. The number of benzene rings is 1. The van der Waals surface area contributed by atoms with Crippen LogP contribution in [0.5, 0.6) is 0 Å². The minimum absolute atomic E-state index is 0.0377. The molecule has 98 valence electrons. The van der Waals surface area contributed by atoms with Gasteiger partial charge in [-0.1, -0.05) is 17.7 Å². The molecule has 2 amide bonds. The molecule has 6 nitrogen and oxygen atoms in total. The fourth-order valence-corrected chi connectivity index (χ4v) is 2.57. The van der Waals surface area contributed by atoms with Crippen LogP contribution < -0.4 is 0 Å². The van der Waals surface area contributed by atoms with Crippen molar-refractivity contribution in [2.24, 2.45) is 11.8 Å². The zero-order valence-corrected chi connectivity index (χ0v) is 10.5. The number of carbonyl (C=O) groups is 2. The van der Waals surface area contributed by atoms with Crippen molar-refractivity contribution in [3.8, 4) is 0 Å². The summed E-state index contributed by atoms with van der Waals surface area (Å²) >= 11 is 5.71. The quantitative estimate of drug-likeness (QED) is 0.480. The van der Waals surface area contributed by atoms with Gasteiger partial charge in [-0.25, -0.2) is 0 Å². The molecule has 1 saturated carbocycles. The van der Waals surface area contributed by atoms with Gasteiger partial charge < -0.3 is 0 Å². The number of hydrogen-bond donors (Lipinski definition) is 0. The van der Waals surface area contributed by atoms with E-state index in [1.54, 1.807) is 6.07 Å². The summed E-state index contributed by atoms with van der Waals surface area (Å²) in [7, 11) is 0. The highest BCUT2D eigenvalue weighted by Crippen LogP contribution is 2.47. The van der Waals surface area contributed by atoms with Gasteiger partial charge in [0.2, 0.25) is 11.8 Å². The van der Waals surface area contributed by atoms with Gasteiger partial charge in [-0.15, -0.1) is 0 Å². The molecule has 1 heterocycles. The normalized spacial score (nSPS) is 24.6. The van der Waals surface area contributed by atoms with Gasteiger partial charge in [0, 0.05) is 6.07 Å². The second-order valence-corrected chi connectivity index (χ2v) is 5.16. The van der Waals surface area contributed by atoms with Gasteiger partial charge in [0.15, 0.2) is 0 Å². The molecule has 2 aliphatic rings. The fourth-order valence-electron chi connectivity index (χ4n) is 2.38. The number of carbonyl (C=O) groups excluding carboxylic acids is 2. The minimum atomic E-state index is -0.586. The summed E-state index contributed by atoms with van der Waals surface area (Å²) in [5.74, 6) is -0.662. The number of imide groups is 1. The van der Waals surface area contributed by atoms with Crippen molar-refractivity contribution < 1.29 is 14.5 Å².